The SMILES string of the molecule is CC/C=C/C/C=C/C/C=C/CCCCCCCCCCCCC(=O)OCC(COCCC(C(=O)O)[N+](C)(C)C)OC(=O)CCCCCCCCC/C=C/CCCCCCCCCCCCCC. The number of ether oxygens (including phenoxy) is 3. The molecule has 8 nitrogen and oxygen atoms in total. The summed E-state index contributed by atoms with van der Waals surface area (Å²) in [4.78, 5) is 37.3. The Hall–Kier alpha value is -2.71. The van der Waals surface area contributed by atoms with Gasteiger partial charge in [0.25, 0.3) is 0 Å². The van der Waals surface area contributed by atoms with E-state index in [2.05, 4.69) is 62.5 Å². The van der Waals surface area contributed by atoms with Crippen LogP contribution in [0.1, 0.15) is 258 Å². The maximum Gasteiger partial charge on any atom is 0.362 e. The molecule has 0 saturated heterocycles. The van der Waals surface area contributed by atoms with Crippen LogP contribution in [0.5, 0.6) is 0 Å². The van der Waals surface area contributed by atoms with Gasteiger partial charge in [0.1, 0.15) is 6.61 Å². The first kappa shape index (κ1) is 64.3. The highest BCUT2D eigenvalue weighted by atomic mass is 16.6. The standard InChI is InChI=1S/C59H107NO7/c1-6-8-10-12-14-16-18-20-22-24-26-28-29-30-32-34-36-38-40-42-44-46-48-50-58(62)67-55(53-65-52-51-56(59(63)64)60(3,4)5)54-66-57(61)49-47-45-43-41-39-37-35-33-31-27-25-23-21-19-17-15-13-11-9-7-2/h9,11,15,17,21,23,30,32,55-56H,6-8,10,12-14,16,18-20,22,24-29,31,33-54H2,1-5H3/p+1/b11-9+,17-15+,23-21+,32-30+. The summed E-state index contributed by atoms with van der Waals surface area (Å²) < 4.78 is 17.4. The zero-order chi connectivity index (χ0) is 49.2. The topological polar surface area (TPSA) is 99.1 Å². The number of carbonyl (C=O) groups is 3. The first-order chi connectivity index (χ1) is 32.6. The number of unbranched alkanes of at least 4 members (excludes halogenated alkanes) is 29. The fraction of sp³-hybridized carbons (Fsp3) is 0.814. The molecule has 2 atom stereocenters. The first-order valence-corrected chi connectivity index (χ1v) is 28.2. The summed E-state index contributed by atoms with van der Waals surface area (Å²) in [7, 11) is 5.54. The van der Waals surface area contributed by atoms with E-state index in [1.807, 2.05) is 21.1 Å². The zero-order valence-electron chi connectivity index (χ0n) is 44.6. The Balaban J connectivity index is 4.18. The molecule has 0 spiro atoms. The molecule has 0 aliphatic rings. The molecule has 0 rings (SSSR count). The van der Waals surface area contributed by atoms with Crippen molar-refractivity contribution in [1.29, 1.82) is 0 Å². The molecule has 0 aromatic rings. The third-order valence-corrected chi connectivity index (χ3v) is 12.7. The Morgan fingerprint density at radius 2 is 0.836 bits per heavy atom. The second-order valence-corrected chi connectivity index (χ2v) is 20.2. The van der Waals surface area contributed by atoms with Crippen molar-refractivity contribution >= 4 is 17.9 Å². The molecule has 0 amide bonds. The minimum atomic E-state index is -0.874. The molecule has 8 heteroatoms. The molecule has 0 aliphatic carbocycles. The molecule has 0 bridgehead atoms. The average molecular weight is 944 g/mol. The van der Waals surface area contributed by atoms with Crippen LogP contribution < -0.4 is 0 Å². The van der Waals surface area contributed by atoms with Gasteiger partial charge in [0, 0.05) is 19.3 Å². The maximum atomic E-state index is 12.8. The van der Waals surface area contributed by atoms with Crippen molar-refractivity contribution in [2.45, 2.75) is 270 Å². The highest BCUT2D eigenvalue weighted by Crippen LogP contribution is 2.16. The molecule has 0 radical (unpaired) electrons. The van der Waals surface area contributed by atoms with Crippen molar-refractivity contribution in [1.82, 2.24) is 0 Å². The number of hydrogen-bond acceptors (Lipinski definition) is 6. The van der Waals surface area contributed by atoms with Crippen LogP contribution in [0.15, 0.2) is 48.6 Å². The first-order valence-electron chi connectivity index (χ1n) is 28.2. The molecule has 0 saturated carbocycles. The monoisotopic (exact) mass is 943 g/mol. The summed E-state index contributed by atoms with van der Waals surface area (Å²) in [5.41, 5.74) is 0. The van der Waals surface area contributed by atoms with E-state index in [9.17, 15) is 19.5 Å². The molecule has 390 valence electrons. The van der Waals surface area contributed by atoms with Crippen molar-refractivity contribution < 1.29 is 38.2 Å². The molecule has 2 unspecified atom stereocenters. The predicted octanol–water partition coefficient (Wildman–Crippen LogP) is 16.7. The number of aliphatic carboxylic acids is 1. The van der Waals surface area contributed by atoms with Crippen LogP contribution in [0.2, 0.25) is 0 Å². The van der Waals surface area contributed by atoms with E-state index in [4.69, 9.17) is 14.2 Å². The Labute approximate surface area is 414 Å². The van der Waals surface area contributed by atoms with E-state index in [-0.39, 0.29) is 36.2 Å². The van der Waals surface area contributed by atoms with Gasteiger partial charge >= 0.3 is 17.9 Å². The van der Waals surface area contributed by atoms with Gasteiger partial charge in [0.05, 0.1) is 34.4 Å². The summed E-state index contributed by atoms with van der Waals surface area (Å²) in [5, 5.41) is 9.67. The minimum absolute atomic E-state index is 0.0539. The van der Waals surface area contributed by atoms with E-state index in [0.29, 0.717) is 19.3 Å². The molecule has 67 heavy (non-hydrogen) atoms. The third-order valence-electron chi connectivity index (χ3n) is 12.7. The molecule has 0 heterocycles. The Morgan fingerprint density at radius 1 is 0.463 bits per heavy atom. The van der Waals surface area contributed by atoms with Crippen LogP contribution in [0.4, 0.5) is 0 Å². The lowest BCUT2D eigenvalue weighted by Crippen LogP contribution is -2.50. The van der Waals surface area contributed by atoms with Crippen LogP contribution in [0.25, 0.3) is 0 Å². The summed E-state index contributed by atoms with van der Waals surface area (Å²) in [6, 6.07) is -0.617. The minimum Gasteiger partial charge on any atom is -0.477 e. The number of hydrogen-bond donors (Lipinski definition) is 1. The third kappa shape index (κ3) is 48.1. The largest absolute Gasteiger partial charge is 0.477 e. The van der Waals surface area contributed by atoms with E-state index < -0.39 is 18.1 Å². The quantitative estimate of drug-likeness (QED) is 0.0281. The van der Waals surface area contributed by atoms with Gasteiger partial charge in [-0.25, -0.2) is 4.79 Å². The highest BCUT2D eigenvalue weighted by Gasteiger charge is 2.31. The zero-order valence-corrected chi connectivity index (χ0v) is 44.6. The second kappa shape index (κ2) is 49.7. The van der Waals surface area contributed by atoms with Crippen molar-refractivity contribution in [3.05, 3.63) is 48.6 Å². The summed E-state index contributed by atoms with van der Waals surface area (Å²) in [6.07, 6.45) is 61.7. The summed E-state index contributed by atoms with van der Waals surface area (Å²) in [6.45, 7) is 4.66. The molecular formula is C59H108NO7+. The Kier molecular flexibility index (Phi) is 47.7. The van der Waals surface area contributed by atoms with Crippen LogP contribution in [0.3, 0.4) is 0 Å². The number of nitrogens with zero attached hydrogens (tertiary/aromatic N) is 1. The van der Waals surface area contributed by atoms with E-state index in [1.165, 1.54) is 167 Å². The lowest BCUT2D eigenvalue weighted by Gasteiger charge is -2.31. The highest BCUT2D eigenvalue weighted by molar-refractivity contribution is 5.72. The smallest absolute Gasteiger partial charge is 0.362 e. The molecule has 1 N–H and O–H groups in total. The van der Waals surface area contributed by atoms with Gasteiger partial charge in [-0.05, 0) is 70.6 Å². The van der Waals surface area contributed by atoms with Crippen molar-refractivity contribution in [2.24, 2.45) is 0 Å². The molecule has 0 fully saturated rings. The van der Waals surface area contributed by atoms with E-state index in [1.54, 1.807) is 0 Å². The number of carboxylic acid groups (broad SMARTS) is 1. The van der Waals surface area contributed by atoms with Gasteiger partial charge in [-0.3, -0.25) is 9.59 Å². The van der Waals surface area contributed by atoms with Gasteiger partial charge in [-0.15, -0.1) is 0 Å². The summed E-state index contributed by atoms with van der Waals surface area (Å²) in [5.74, 6) is -1.47. The van der Waals surface area contributed by atoms with E-state index in [0.717, 1.165) is 57.8 Å². The molecule has 0 aliphatic heterocycles. The fourth-order valence-electron chi connectivity index (χ4n) is 8.40. The lowest BCUT2D eigenvalue weighted by molar-refractivity contribution is -0.887. The number of esters is 2. The number of allylic oxidation sites excluding steroid dienone is 8. The van der Waals surface area contributed by atoms with Gasteiger partial charge < -0.3 is 23.8 Å². The molecular weight excluding hydrogens is 835 g/mol. The second-order valence-electron chi connectivity index (χ2n) is 20.2. The number of quaternary nitrogens is 1. The van der Waals surface area contributed by atoms with Gasteiger partial charge in [0.15, 0.2) is 12.1 Å². The van der Waals surface area contributed by atoms with Crippen LogP contribution in [0, 0.1) is 0 Å². The van der Waals surface area contributed by atoms with Crippen LogP contribution in [-0.4, -0.2) is 80.6 Å². The molecule has 0 aromatic heterocycles. The van der Waals surface area contributed by atoms with Crippen molar-refractivity contribution in [2.75, 3.05) is 41.0 Å². The van der Waals surface area contributed by atoms with Gasteiger partial charge in [-0.2, -0.15) is 0 Å². The van der Waals surface area contributed by atoms with Crippen LogP contribution in [-0.2, 0) is 28.6 Å². The lowest BCUT2D eigenvalue weighted by atomic mass is 10.0. The van der Waals surface area contributed by atoms with E-state index >= 15 is 0 Å². The molecule has 0 aromatic carbocycles. The van der Waals surface area contributed by atoms with Gasteiger partial charge in [-0.1, -0.05) is 217 Å². The Morgan fingerprint density at radius 3 is 1.25 bits per heavy atom. The number of rotatable bonds is 51. The number of likely N-dealkylation sites (N-methyl/N-ethyl adjacent to an activating group) is 1. The predicted molar refractivity (Wildman–Crippen MR) is 284 cm³/mol. The summed E-state index contributed by atoms with van der Waals surface area (Å²) >= 11 is 0. The number of carbonyl (C=O) groups excluding carboxylic acids is 2. The van der Waals surface area contributed by atoms with Crippen molar-refractivity contribution in [3.63, 3.8) is 0 Å². The average Bonchev–Trinajstić information content (AvgIpc) is 3.29. The number of carboxylic acids is 1. The normalized spacial score (nSPS) is 13.1. The van der Waals surface area contributed by atoms with Gasteiger partial charge in [0.2, 0.25) is 0 Å². The Bertz CT molecular complexity index is 1230. The fourth-order valence-corrected chi connectivity index (χ4v) is 8.40. The van der Waals surface area contributed by atoms with Crippen LogP contribution >= 0.6 is 0 Å². The maximum absolute atomic E-state index is 12.8. The van der Waals surface area contributed by atoms with Crippen molar-refractivity contribution in [3.8, 4) is 0 Å².